The van der Waals surface area contributed by atoms with Crippen LogP contribution in [0.25, 0.3) is 10.7 Å². The van der Waals surface area contributed by atoms with Crippen LogP contribution in [-0.4, -0.2) is 40.8 Å². The molecule has 0 spiro atoms. The Hall–Kier alpha value is -1.24. The van der Waals surface area contributed by atoms with Crippen molar-refractivity contribution in [2.45, 2.75) is 31.8 Å². The van der Waals surface area contributed by atoms with E-state index in [1.54, 1.807) is 11.3 Å². The van der Waals surface area contributed by atoms with Crippen LogP contribution in [0.4, 0.5) is 0 Å². The summed E-state index contributed by atoms with van der Waals surface area (Å²) < 4.78 is 10.9. The maximum Gasteiger partial charge on any atom is 0.241 e. The van der Waals surface area contributed by atoms with E-state index in [1.807, 2.05) is 17.5 Å². The van der Waals surface area contributed by atoms with Crippen LogP contribution >= 0.6 is 11.3 Å². The van der Waals surface area contributed by atoms with Gasteiger partial charge in [-0.2, -0.15) is 4.98 Å². The fraction of sp³-hybridized carbons (Fsp3) is 0.600. The minimum atomic E-state index is 0.658. The highest BCUT2D eigenvalue weighted by Gasteiger charge is 2.32. The number of hydrogen-bond acceptors (Lipinski definition) is 6. The summed E-state index contributed by atoms with van der Waals surface area (Å²) in [4.78, 5) is 8.09. The third-order valence-corrected chi connectivity index (χ3v) is 4.99. The summed E-state index contributed by atoms with van der Waals surface area (Å²) in [6.07, 6.45) is 3.76. The number of hydrogen-bond donors (Lipinski definition) is 0. The molecule has 1 unspecified atom stereocenters. The molecule has 2 fully saturated rings. The molecule has 1 saturated carbocycles. The van der Waals surface area contributed by atoms with Gasteiger partial charge in [0.05, 0.1) is 18.0 Å². The molecule has 2 aliphatic rings. The molecule has 6 heteroatoms. The maximum atomic E-state index is 5.48. The summed E-state index contributed by atoms with van der Waals surface area (Å²) in [6.45, 7) is 3.65. The van der Waals surface area contributed by atoms with Crippen LogP contribution < -0.4 is 0 Å². The van der Waals surface area contributed by atoms with Crippen LogP contribution in [0.3, 0.4) is 0 Å². The van der Waals surface area contributed by atoms with Crippen LogP contribution in [0, 0.1) is 5.92 Å². The van der Waals surface area contributed by atoms with Gasteiger partial charge in [0, 0.05) is 19.2 Å². The molecule has 2 aromatic heterocycles. The lowest BCUT2D eigenvalue weighted by Gasteiger charge is -2.22. The predicted octanol–water partition coefficient (Wildman–Crippen LogP) is 2.80. The summed E-state index contributed by atoms with van der Waals surface area (Å²) in [6, 6.07) is 4.73. The molecule has 1 atom stereocenters. The van der Waals surface area contributed by atoms with Gasteiger partial charge in [0.25, 0.3) is 0 Å². The van der Waals surface area contributed by atoms with E-state index < -0.39 is 0 Å². The average Bonchev–Trinajstić information content (AvgIpc) is 2.93. The van der Waals surface area contributed by atoms with Gasteiger partial charge in [-0.05, 0) is 36.6 Å². The van der Waals surface area contributed by atoms with Crippen LogP contribution in [0.1, 0.15) is 25.2 Å². The zero-order chi connectivity index (χ0) is 14.1. The van der Waals surface area contributed by atoms with E-state index in [4.69, 9.17) is 9.26 Å². The molecule has 0 aromatic carbocycles. The van der Waals surface area contributed by atoms with Crippen molar-refractivity contribution in [2.75, 3.05) is 19.8 Å². The van der Waals surface area contributed by atoms with Crippen molar-refractivity contribution in [3.05, 3.63) is 23.4 Å². The van der Waals surface area contributed by atoms with E-state index in [9.17, 15) is 0 Å². The first kappa shape index (κ1) is 13.4. The Morgan fingerprint density at radius 3 is 3.00 bits per heavy atom. The Balaban J connectivity index is 1.43. The molecule has 0 N–H and O–H groups in total. The quantitative estimate of drug-likeness (QED) is 0.821. The molecule has 0 radical (unpaired) electrons. The third kappa shape index (κ3) is 3.17. The summed E-state index contributed by atoms with van der Waals surface area (Å²) in [7, 11) is 0. The number of nitrogens with zero attached hydrogens (tertiary/aromatic N) is 3. The Morgan fingerprint density at radius 1 is 1.33 bits per heavy atom. The number of thiophene rings is 1. The van der Waals surface area contributed by atoms with E-state index in [2.05, 4.69) is 15.0 Å². The van der Waals surface area contributed by atoms with Crippen LogP contribution in [0.5, 0.6) is 0 Å². The molecule has 0 bridgehead atoms. The van der Waals surface area contributed by atoms with Gasteiger partial charge in [0.2, 0.25) is 11.7 Å². The number of ether oxygens (including phenoxy) is 1. The van der Waals surface area contributed by atoms with Gasteiger partial charge in [-0.1, -0.05) is 11.2 Å². The maximum absolute atomic E-state index is 5.48. The SMILES string of the molecule is c1csc(-c2noc(CN(CC3CCOC3)C3CC3)n2)c1. The van der Waals surface area contributed by atoms with Gasteiger partial charge in [-0.3, -0.25) is 4.90 Å². The molecular weight excluding hydrogens is 286 g/mol. The Morgan fingerprint density at radius 2 is 2.29 bits per heavy atom. The van der Waals surface area contributed by atoms with Gasteiger partial charge in [-0.25, -0.2) is 0 Å². The van der Waals surface area contributed by atoms with Gasteiger partial charge in [0.15, 0.2) is 0 Å². The Labute approximate surface area is 127 Å². The van der Waals surface area contributed by atoms with Crippen LogP contribution in [0.2, 0.25) is 0 Å². The van der Waals surface area contributed by atoms with Crippen molar-refractivity contribution >= 4 is 11.3 Å². The van der Waals surface area contributed by atoms with E-state index in [0.29, 0.717) is 17.8 Å². The first-order valence-corrected chi connectivity index (χ1v) is 8.45. The molecule has 112 valence electrons. The van der Waals surface area contributed by atoms with Gasteiger partial charge >= 0.3 is 0 Å². The molecule has 4 rings (SSSR count). The summed E-state index contributed by atoms with van der Waals surface area (Å²) >= 11 is 1.64. The smallest absolute Gasteiger partial charge is 0.241 e. The van der Waals surface area contributed by atoms with E-state index >= 15 is 0 Å². The van der Waals surface area contributed by atoms with Crippen LogP contribution in [-0.2, 0) is 11.3 Å². The molecule has 21 heavy (non-hydrogen) atoms. The normalized spacial score (nSPS) is 22.2. The van der Waals surface area contributed by atoms with Crippen molar-refractivity contribution in [3.8, 4) is 10.7 Å². The topological polar surface area (TPSA) is 51.4 Å². The summed E-state index contributed by atoms with van der Waals surface area (Å²) in [5, 5.41) is 6.13. The Kier molecular flexibility index (Phi) is 3.75. The van der Waals surface area contributed by atoms with Gasteiger partial charge in [0.1, 0.15) is 0 Å². The number of rotatable bonds is 6. The van der Waals surface area contributed by atoms with Crippen molar-refractivity contribution < 1.29 is 9.26 Å². The first-order valence-electron chi connectivity index (χ1n) is 7.57. The zero-order valence-corrected chi connectivity index (χ0v) is 12.7. The average molecular weight is 305 g/mol. The first-order chi connectivity index (χ1) is 10.4. The molecular formula is C15H19N3O2S. The highest BCUT2D eigenvalue weighted by molar-refractivity contribution is 7.13. The Bertz CT molecular complexity index is 574. The van der Waals surface area contributed by atoms with E-state index in [0.717, 1.165) is 37.1 Å². The minimum absolute atomic E-state index is 0.658. The fourth-order valence-electron chi connectivity index (χ4n) is 2.84. The van der Waals surface area contributed by atoms with Crippen molar-refractivity contribution in [3.63, 3.8) is 0 Å². The van der Waals surface area contributed by atoms with Gasteiger partial charge < -0.3 is 9.26 Å². The highest BCUT2D eigenvalue weighted by Crippen LogP contribution is 2.30. The molecule has 1 aliphatic carbocycles. The molecule has 0 amide bonds. The highest BCUT2D eigenvalue weighted by atomic mass is 32.1. The second-order valence-corrected chi connectivity index (χ2v) is 6.83. The van der Waals surface area contributed by atoms with E-state index in [1.165, 1.54) is 19.3 Å². The van der Waals surface area contributed by atoms with Gasteiger partial charge in [-0.15, -0.1) is 11.3 Å². The lowest BCUT2D eigenvalue weighted by Crippen LogP contribution is -2.31. The largest absolute Gasteiger partial charge is 0.381 e. The van der Waals surface area contributed by atoms with Crippen molar-refractivity contribution in [1.82, 2.24) is 15.0 Å². The predicted molar refractivity (Wildman–Crippen MR) is 80.0 cm³/mol. The second kappa shape index (κ2) is 5.87. The van der Waals surface area contributed by atoms with Crippen LogP contribution in [0.15, 0.2) is 22.0 Å². The van der Waals surface area contributed by atoms with Crippen molar-refractivity contribution in [2.24, 2.45) is 5.92 Å². The standard InChI is InChI=1S/C15H19N3O2S/c1-2-13(21-7-1)15-16-14(20-17-15)9-18(12-3-4-12)8-11-5-6-19-10-11/h1-2,7,11-12H,3-6,8-10H2. The zero-order valence-electron chi connectivity index (χ0n) is 11.9. The third-order valence-electron chi connectivity index (χ3n) is 4.13. The lowest BCUT2D eigenvalue weighted by atomic mass is 10.1. The summed E-state index contributed by atoms with van der Waals surface area (Å²) in [5.74, 6) is 2.09. The fourth-order valence-corrected chi connectivity index (χ4v) is 3.49. The molecule has 5 nitrogen and oxygen atoms in total. The van der Waals surface area contributed by atoms with E-state index in [-0.39, 0.29) is 0 Å². The second-order valence-electron chi connectivity index (χ2n) is 5.88. The minimum Gasteiger partial charge on any atom is -0.381 e. The lowest BCUT2D eigenvalue weighted by molar-refractivity contribution is 0.153. The summed E-state index contributed by atoms with van der Waals surface area (Å²) in [5.41, 5.74) is 0. The molecule has 1 saturated heterocycles. The molecule has 2 aromatic rings. The monoisotopic (exact) mass is 305 g/mol. The molecule has 3 heterocycles. The molecule has 1 aliphatic heterocycles. The number of aromatic nitrogens is 2. The van der Waals surface area contributed by atoms with Crippen molar-refractivity contribution in [1.29, 1.82) is 0 Å².